The molecule has 10 heteroatoms. The van der Waals surface area contributed by atoms with E-state index in [0.29, 0.717) is 11.4 Å². The van der Waals surface area contributed by atoms with Crippen LogP contribution in [0.5, 0.6) is 0 Å². The van der Waals surface area contributed by atoms with Gasteiger partial charge in [0.25, 0.3) is 5.91 Å². The van der Waals surface area contributed by atoms with Crippen molar-refractivity contribution < 1.29 is 28.7 Å². The largest absolute Gasteiger partial charge is 0.452 e. The third-order valence-corrected chi connectivity index (χ3v) is 4.88. The topological polar surface area (TPSA) is 125 Å². The Hall–Kier alpha value is -4.21. The van der Waals surface area contributed by atoms with E-state index in [1.807, 2.05) is 19.1 Å². The molecule has 0 bridgehead atoms. The van der Waals surface area contributed by atoms with E-state index in [2.05, 4.69) is 10.7 Å². The SMILES string of the molecule is Cc1ccc(NC(=O)CN(C)C(=O)COC(=O)c2ccc(N3NC(=O)CCC3=O)cc2)cc1. The van der Waals surface area contributed by atoms with Crippen LogP contribution in [-0.2, 0) is 23.9 Å². The monoisotopic (exact) mass is 452 g/mol. The maximum atomic E-state index is 12.2. The van der Waals surface area contributed by atoms with Crippen molar-refractivity contribution in [2.75, 3.05) is 30.5 Å². The molecule has 1 saturated heterocycles. The number of benzene rings is 2. The van der Waals surface area contributed by atoms with Crippen LogP contribution in [0, 0.1) is 6.92 Å². The summed E-state index contributed by atoms with van der Waals surface area (Å²) in [6.45, 7) is 1.20. The van der Waals surface area contributed by atoms with Crippen molar-refractivity contribution in [3.63, 3.8) is 0 Å². The molecule has 0 atom stereocenters. The highest BCUT2D eigenvalue weighted by atomic mass is 16.5. The number of amides is 4. The van der Waals surface area contributed by atoms with Crippen LogP contribution < -0.4 is 15.8 Å². The van der Waals surface area contributed by atoms with E-state index in [0.717, 1.165) is 15.5 Å². The number of carbonyl (C=O) groups is 5. The van der Waals surface area contributed by atoms with Crippen molar-refractivity contribution in [1.29, 1.82) is 0 Å². The molecule has 0 spiro atoms. The summed E-state index contributed by atoms with van der Waals surface area (Å²) in [5, 5.41) is 3.82. The zero-order chi connectivity index (χ0) is 24.0. The maximum absolute atomic E-state index is 12.2. The smallest absolute Gasteiger partial charge is 0.338 e. The number of nitrogens with zero attached hydrogens (tertiary/aromatic N) is 2. The summed E-state index contributed by atoms with van der Waals surface area (Å²) in [7, 11) is 1.43. The lowest BCUT2D eigenvalue weighted by atomic mass is 10.2. The second kappa shape index (κ2) is 10.4. The molecule has 0 unspecified atom stereocenters. The second-order valence-electron chi connectivity index (χ2n) is 7.55. The Bertz CT molecular complexity index is 1070. The average Bonchev–Trinajstić information content (AvgIpc) is 2.80. The summed E-state index contributed by atoms with van der Waals surface area (Å²) < 4.78 is 5.04. The molecule has 1 heterocycles. The molecular formula is C23H24N4O6. The summed E-state index contributed by atoms with van der Waals surface area (Å²) in [4.78, 5) is 61.2. The molecular weight excluding hydrogens is 428 g/mol. The van der Waals surface area contributed by atoms with Gasteiger partial charge in [-0.25, -0.2) is 9.80 Å². The van der Waals surface area contributed by atoms with Gasteiger partial charge in [-0.3, -0.25) is 24.6 Å². The fraction of sp³-hybridized carbons (Fsp3) is 0.261. The molecule has 10 nitrogen and oxygen atoms in total. The van der Waals surface area contributed by atoms with Crippen LogP contribution in [0.15, 0.2) is 48.5 Å². The van der Waals surface area contributed by atoms with E-state index in [-0.39, 0.29) is 42.7 Å². The molecule has 0 aliphatic carbocycles. The standard InChI is InChI=1S/C23H24N4O6/c1-15-3-7-17(8-4-15)24-20(29)13-26(2)22(31)14-33-23(32)16-5-9-18(10-6-16)27-21(30)12-11-19(28)25-27/h3-10H,11-14H2,1-2H3,(H,24,29)(H,25,28). The number of likely N-dealkylation sites (N-methyl/N-ethyl adjacent to an activating group) is 1. The Labute approximate surface area is 190 Å². The first-order valence-electron chi connectivity index (χ1n) is 10.2. The van der Waals surface area contributed by atoms with Crippen LogP contribution in [0.25, 0.3) is 0 Å². The van der Waals surface area contributed by atoms with Gasteiger partial charge in [-0.15, -0.1) is 0 Å². The van der Waals surface area contributed by atoms with E-state index in [4.69, 9.17) is 4.74 Å². The first-order chi connectivity index (χ1) is 15.7. The van der Waals surface area contributed by atoms with Crippen LogP contribution in [0.4, 0.5) is 11.4 Å². The van der Waals surface area contributed by atoms with Gasteiger partial charge in [-0.1, -0.05) is 17.7 Å². The van der Waals surface area contributed by atoms with Crippen molar-refractivity contribution in [3.05, 3.63) is 59.7 Å². The number of nitrogens with one attached hydrogen (secondary N) is 2. The minimum atomic E-state index is -0.735. The van der Waals surface area contributed by atoms with E-state index >= 15 is 0 Å². The zero-order valence-electron chi connectivity index (χ0n) is 18.3. The van der Waals surface area contributed by atoms with Crippen molar-refractivity contribution >= 4 is 41.0 Å². The fourth-order valence-electron chi connectivity index (χ4n) is 2.99. The van der Waals surface area contributed by atoms with Gasteiger partial charge in [0.05, 0.1) is 17.8 Å². The van der Waals surface area contributed by atoms with Crippen LogP contribution >= 0.6 is 0 Å². The minimum Gasteiger partial charge on any atom is -0.452 e. The van der Waals surface area contributed by atoms with Crippen LogP contribution in [-0.4, -0.2) is 54.7 Å². The number of esters is 1. The summed E-state index contributed by atoms with van der Waals surface area (Å²) in [6, 6.07) is 13.1. The number of hydrogen-bond acceptors (Lipinski definition) is 6. The Kier molecular flexibility index (Phi) is 7.39. The minimum absolute atomic E-state index is 0.105. The molecule has 2 aromatic rings. The van der Waals surface area contributed by atoms with Gasteiger partial charge in [0.15, 0.2) is 6.61 Å². The van der Waals surface area contributed by atoms with E-state index in [1.54, 1.807) is 12.1 Å². The number of ether oxygens (including phenoxy) is 1. The normalized spacial score (nSPS) is 13.2. The lowest BCUT2D eigenvalue weighted by Crippen LogP contribution is -2.50. The lowest BCUT2D eigenvalue weighted by Gasteiger charge is -2.27. The number of anilines is 2. The predicted octanol–water partition coefficient (Wildman–Crippen LogP) is 1.41. The molecule has 1 aliphatic heterocycles. The molecule has 33 heavy (non-hydrogen) atoms. The lowest BCUT2D eigenvalue weighted by molar-refractivity contribution is -0.136. The zero-order valence-corrected chi connectivity index (χ0v) is 18.3. The molecule has 1 fully saturated rings. The Balaban J connectivity index is 1.47. The summed E-state index contributed by atoms with van der Waals surface area (Å²) >= 11 is 0. The molecule has 0 radical (unpaired) electrons. The molecule has 0 aromatic heterocycles. The quantitative estimate of drug-likeness (QED) is 0.612. The number of hydrazine groups is 1. The van der Waals surface area contributed by atoms with Gasteiger partial charge in [-0.05, 0) is 43.3 Å². The second-order valence-corrected chi connectivity index (χ2v) is 7.55. The molecule has 172 valence electrons. The fourth-order valence-corrected chi connectivity index (χ4v) is 2.99. The third-order valence-electron chi connectivity index (χ3n) is 4.88. The van der Waals surface area contributed by atoms with E-state index in [1.165, 1.54) is 31.3 Å². The molecule has 4 amide bonds. The van der Waals surface area contributed by atoms with Crippen LogP contribution in [0.1, 0.15) is 28.8 Å². The van der Waals surface area contributed by atoms with Gasteiger partial charge in [0.1, 0.15) is 0 Å². The van der Waals surface area contributed by atoms with Crippen molar-refractivity contribution in [1.82, 2.24) is 10.3 Å². The first-order valence-corrected chi connectivity index (χ1v) is 10.2. The van der Waals surface area contributed by atoms with Gasteiger partial charge in [0.2, 0.25) is 17.7 Å². The van der Waals surface area contributed by atoms with Gasteiger partial charge in [0, 0.05) is 25.6 Å². The summed E-state index contributed by atoms with van der Waals surface area (Å²) in [5.74, 6) is -2.18. The van der Waals surface area contributed by atoms with E-state index in [9.17, 15) is 24.0 Å². The summed E-state index contributed by atoms with van der Waals surface area (Å²) in [6.07, 6.45) is 0.240. The number of aryl methyl sites for hydroxylation is 1. The maximum Gasteiger partial charge on any atom is 0.338 e. The van der Waals surface area contributed by atoms with Crippen molar-refractivity contribution in [3.8, 4) is 0 Å². The van der Waals surface area contributed by atoms with Crippen LogP contribution in [0.3, 0.4) is 0 Å². The highest BCUT2D eigenvalue weighted by Crippen LogP contribution is 2.18. The highest BCUT2D eigenvalue weighted by molar-refractivity contribution is 6.01. The van der Waals surface area contributed by atoms with Crippen molar-refractivity contribution in [2.24, 2.45) is 0 Å². The highest BCUT2D eigenvalue weighted by Gasteiger charge is 2.24. The molecule has 2 N–H and O–H groups in total. The number of carbonyl (C=O) groups excluding carboxylic acids is 5. The van der Waals surface area contributed by atoms with Gasteiger partial charge < -0.3 is 15.0 Å². The van der Waals surface area contributed by atoms with Crippen molar-refractivity contribution in [2.45, 2.75) is 19.8 Å². The van der Waals surface area contributed by atoms with E-state index < -0.39 is 18.5 Å². The number of rotatable bonds is 7. The molecule has 0 saturated carbocycles. The summed E-state index contributed by atoms with van der Waals surface area (Å²) in [5.41, 5.74) is 4.71. The Morgan fingerprint density at radius 1 is 1.03 bits per heavy atom. The predicted molar refractivity (Wildman–Crippen MR) is 119 cm³/mol. The van der Waals surface area contributed by atoms with Crippen LogP contribution in [0.2, 0.25) is 0 Å². The van der Waals surface area contributed by atoms with Gasteiger partial charge >= 0.3 is 5.97 Å². The van der Waals surface area contributed by atoms with Gasteiger partial charge in [-0.2, -0.15) is 0 Å². The Morgan fingerprint density at radius 3 is 2.36 bits per heavy atom. The Morgan fingerprint density at radius 2 is 1.70 bits per heavy atom. The molecule has 1 aliphatic rings. The number of hydrogen-bond donors (Lipinski definition) is 2. The average molecular weight is 452 g/mol. The molecule has 2 aromatic carbocycles. The first kappa shape index (κ1) is 23.5. The third kappa shape index (κ3) is 6.39. The molecule has 3 rings (SSSR count).